The normalized spacial score (nSPS) is 11.5. The number of halogens is 1. The molecule has 0 atom stereocenters. The number of carboxylic acid groups (broad SMARTS) is 1. The molecule has 0 saturated carbocycles. The van der Waals surface area contributed by atoms with Crippen molar-refractivity contribution in [2.45, 2.75) is 20.4 Å². The number of nitrogens with zero attached hydrogens (tertiary/aromatic N) is 4. The molecule has 0 amide bonds. The molecule has 1 N–H and O–H groups in total. The van der Waals surface area contributed by atoms with Gasteiger partial charge in [0, 0.05) is 10.0 Å². The largest absolute Gasteiger partial charge is 0.481 e. The summed E-state index contributed by atoms with van der Waals surface area (Å²) in [6, 6.07) is 7.54. The third-order valence-electron chi connectivity index (χ3n) is 2.74. The van der Waals surface area contributed by atoms with Crippen LogP contribution in [0.4, 0.5) is 0 Å². The van der Waals surface area contributed by atoms with Crippen molar-refractivity contribution in [1.29, 1.82) is 0 Å². The summed E-state index contributed by atoms with van der Waals surface area (Å²) in [7, 11) is 0. The van der Waals surface area contributed by atoms with Crippen LogP contribution in [0.25, 0.3) is 11.4 Å². The van der Waals surface area contributed by atoms with Gasteiger partial charge in [-0.2, -0.15) is 0 Å². The van der Waals surface area contributed by atoms with Crippen molar-refractivity contribution in [3.05, 3.63) is 28.7 Å². The highest BCUT2D eigenvalue weighted by Crippen LogP contribution is 2.24. The molecule has 0 unspecified atom stereocenters. The molecule has 6 nitrogen and oxygen atoms in total. The molecule has 0 bridgehead atoms. The molecule has 0 fully saturated rings. The standard InChI is InChI=1S/C12H13BrN4O2/c1-12(2,11(18)19)7-17-10(14-15-16-17)8-4-3-5-9(13)6-8/h3-6H,7H2,1-2H3,(H,18,19). The molecule has 0 aliphatic rings. The van der Waals surface area contributed by atoms with Gasteiger partial charge in [-0.1, -0.05) is 28.1 Å². The Morgan fingerprint density at radius 3 is 2.84 bits per heavy atom. The molecule has 19 heavy (non-hydrogen) atoms. The van der Waals surface area contributed by atoms with E-state index in [1.165, 1.54) is 4.68 Å². The van der Waals surface area contributed by atoms with Crippen molar-refractivity contribution in [1.82, 2.24) is 20.2 Å². The van der Waals surface area contributed by atoms with Crippen LogP contribution in [0, 0.1) is 5.41 Å². The van der Waals surface area contributed by atoms with Crippen LogP contribution in [0.15, 0.2) is 28.7 Å². The highest BCUT2D eigenvalue weighted by molar-refractivity contribution is 9.10. The molecule has 0 aliphatic heterocycles. The van der Waals surface area contributed by atoms with Crippen molar-refractivity contribution in [2.75, 3.05) is 0 Å². The lowest BCUT2D eigenvalue weighted by Crippen LogP contribution is -2.30. The Bertz CT molecular complexity index is 609. The van der Waals surface area contributed by atoms with Crippen molar-refractivity contribution in [3.8, 4) is 11.4 Å². The number of carbonyl (C=O) groups is 1. The van der Waals surface area contributed by atoms with E-state index in [0.29, 0.717) is 5.82 Å². The Morgan fingerprint density at radius 2 is 2.21 bits per heavy atom. The van der Waals surface area contributed by atoms with Gasteiger partial charge < -0.3 is 5.11 Å². The number of tetrazole rings is 1. The number of hydrogen-bond acceptors (Lipinski definition) is 4. The lowest BCUT2D eigenvalue weighted by molar-refractivity contribution is -0.147. The van der Waals surface area contributed by atoms with Gasteiger partial charge in [0.05, 0.1) is 12.0 Å². The van der Waals surface area contributed by atoms with E-state index >= 15 is 0 Å². The SMILES string of the molecule is CC(C)(Cn1nnnc1-c1cccc(Br)c1)C(=O)O. The van der Waals surface area contributed by atoms with E-state index in [2.05, 4.69) is 31.5 Å². The zero-order valence-electron chi connectivity index (χ0n) is 10.5. The van der Waals surface area contributed by atoms with Crippen LogP contribution >= 0.6 is 15.9 Å². The summed E-state index contributed by atoms with van der Waals surface area (Å²) >= 11 is 3.38. The smallest absolute Gasteiger partial charge is 0.310 e. The number of hydrogen-bond donors (Lipinski definition) is 1. The van der Waals surface area contributed by atoms with E-state index in [-0.39, 0.29) is 6.54 Å². The molecule has 1 heterocycles. The lowest BCUT2D eigenvalue weighted by atomic mass is 9.94. The van der Waals surface area contributed by atoms with Crippen LogP contribution < -0.4 is 0 Å². The molecule has 7 heteroatoms. The molecule has 0 radical (unpaired) electrons. The van der Waals surface area contributed by atoms with Gasteiger partial charge in [0.2, 0.25) is 0 Å². The molecular weight excluding hydrogens is 312 g/mol. The quantitative estimate of drug-likeness (QED) is 0.932. The monoisotopic (exact) mass is 324 g/mol. The summed E-state index contributed by atoms with van der Waals surface area (Å²) < 4.78 is 2.42. The molecule has 1 aromatic carbocycles. The summed E-state index contributed by atoms with van der Waals surface area (Å²) in [5.41, 5.74) is -0.101. The Labute approximate surface area is 118 Å². The van der Waals surface area contributed by atoms with E-state index in [1.807, 2.05) is 24.3 Å². The Morgan fingerprint density at radius 1 is 1.47 bits per heavy atom. The third-order valence-corrected chi connectivity index (χ3v) is 3.23. The van der Waals surface area contributed by atoms with Crippen molar-refractivity contribution >= 4 is 21.9 Å². The maximum absolute atomic E-state index is 11.2. The minimum atomic E-state index is -0.934. The molecule has 100 valence electrons. The van der Waals surface area contributed by atoms with Crippen molar-refractivity contribution in [2.24, 2.45) is 5.41 Å². The fraction of sp³-hybridized carbons (Fsp3) is 0.333. The fourth-order valence-electron chi connectivity index (χ4n) is 1.59. The predicted molar refractivity (Wildman–Crippen MR) is 72.4 cm³/mol. The average molecular weight is 325 g/mol. The maximum atomic E-state index is 11.2. The van der Waals surface area contributed by atoms with E-state index in [4.69, 9.17) is 5.11 Å². The minimum Gasteiger partial charge on any atom is -0.481 e. The van der Waals surface area contributed by atoms with Crippen LogP contribution in [-0.2, 0) is 11.3 Å². The van der Waals surface area contributed by atoms with Gasteiger partial charge in [-0.05, 0) is 36.4 Å². The minimum absolute atomic E-state index is 0.206. The Balaban J connectivity index is 2.36. The Hall–Kier alpha value is -1.76. The van der Waals surface area contributed by atoms with Gasteiger partial charge in [0.1, 0.15) is 0 Å². The summed E-state index contributed by atoms with van der Waals surface area (Å²) in [5, 5.41) is 20.6. The number of carboxylic acids is 1. The molecular formula is C12H13BrN4O2. The summed E-state index contributed by atoms with van der Waals surface area (Å²) in [6.07, 6.45) is 0. The highest BCUT2D eigenvalue weighted by atomic mass is 79.9. The predicted octanol–water partition coefficient (Wildman–Crippen LogP) is 2.21. The van der Waals surface area contributed by atoms with Crippen LogP contribution in [0.5, 0.6) is 0 Å². The maximum Gasteiger partial charge on any atom is 0.310 e. The van der Waals surface area contributed by atoms with Crippen LogP contribution in [0.3, 0.4) is 0 Å². The van der Waals surface area contributed by atoms with Gasteiger partial charge in [0.15, 0.2) is 5.82 Å². The molecule has 0 aliphatic carbocycles. The summed E-state index contributed by atoms with van der Waals surface area (Å²) in [5.74, 6) is -0.334. The fourth-order valence-corrected chi connectivity index (χ4v) is 1.99. The number of rotatable bonds is 4. The van der Waals surface area contributed by atoms with E-state index in [0.717, 1.165) is 10.0 Å². The second kappa shape index (κ2) is 5.08. The topological polar surface area (TPSA) is 80.9 Å². The molecule has 0 saturated heterocycles. The number of benzene rings is 1. The molecule has 0 spiro atoms. The summed E-state index contributed by atoms with van der Waals surface area (Å²) in [4.78, 5) is 11.2. The second-order valence-electron chi connectivity index (χ2n) is 4.86. The number of aliphatic carboxylic acids is 1. The first-order valence-corrected chi connectivity index (χ1v) is 6.45. The first-order chi connectivity index (χ1) is 8.90. The Kier molecular flexibility index (Phi) is 3.66. The average Bonchev–Trinajstić information content (AvgIpc) is 2.76. The van der Waals surface area contributed by atoms with Crippen LogP contribution in [-0.4, -0.2) is 31.3 Å². The lowest BCUT2D eigenvalue weighted by Gasteiger charge is -2.19. The van der Waals surface area contributed by atoms with E-state index in [1.54, 1.807) is 13.8 Å². The third kappa shape index (κ3) is 2.98. The molecule has 2 aromatic rings. The molecule has 1 aromatic heterocycles. The zero-order chi connectivity index (χ0) is 14.0. The van der Waals surface area contributed by atoms with E-state index in [9.17, 15) is 4.79 Å². The van der Waals surface area contributed by atoms with Crippen molar-refractivity contribution in [3.63, 3.8) is 0 Å². The summed E-state index contributed by atoms with van der Waals surface area (Å²) in [6.45, 7) is 3.49. The van der Waals surface area contributed by atoms with Gasteiger partial charge in [-0.25, -0.2) is 4.68 Å². The van der Waals surface area contributed by atoms with Gasteiger partial charge in [-0.3, -0.25) is 4.79 Å². The number of aromatic nitrogens is 4. The first-order valence-electron chi connectivity index (χ1n) is 5.66. The van der Waals surface area contributed by atoms with Gasteiger partial charge in [-0.15, -0.1) is 5.10 Å². The molecule has 2 rings (SSSR count). The van der Waals surface area contributed by atoms with Crippen LogP contribution in [0.2, 0.25) is 0 Å². The van der Waals surface area contributed by atoms with E-state index < -0.39 is 11.4 Å². The van der Waals surface area contributed by atoms with Crippen LogP contribution in [0.1, 0.15) is 13.8 Å². The van der Waals surface area contributed by atoms with Crippen molar-refractivity contribution < 1.29 is 9.90 Å². The zero-order valence-corrected chi connectivity index (χ0v) is 12.1. The van der Waals surface area contributed by atoms with Gasteiger partial charge in [0.25, 0.3) is 0 Å². The highest BCUT2D eigenvalue weighted by Gasteiger charge is 2.29. The first kappa shape index (κ1) is 13.7. The van der Waals surface area contributed by atoms with Gasteiger partial charge >= 0.3 is 5.97 Å². The second-order valence-corrected chi connectivity index (χ2v) is 5.78.